The number of hydrogen-bond donors (Lipinski definition) is 1. The molecule has 118 valence electrons. The van der Waals surface area contributed by atoms with Crippen LogP contribution in [0, 0.1) is 0 Å². The molecule has 0 aliphatic heterocycles. The van der Waals surface area contributed by atoms with Crippen molar-refractivity contribution >= 4 is 54.6 Å². The fourth-order valence-corrected chi connectivity index (χ4v) is 5.36. The van der Waals surface area contributed by atoms with E-state index in [0.717, 1.165) is 24.1 Å². The fourth-order valence-electron chi connectivity index (χ4n) is 2.91. The van der Waals surface area contributed by atoms with E-state index in [9.17, 15) is 0 Å². The number of aromatic nitrogens is 2. The van der Waals surface area contributed by atoms with Crippen molar-refractivity contribution in [1.82, 2.24) is 10.1 Å². The van der Waals surface area contributed by atoms with Crippen LogP contribution >= 0.6 is 35.1 Å². The molecule has 1 aliphatic carbocycles. The molecule has 7 heteroatoms. The second-order valence-electron chi connectivity index (χ2n) is 5.84. The molecule has 1 aromatic carbocycles. The van der Waals surface area contributed by atoms with Gasteiger partial charge >= 0.3 is 0 Å². The molecule has 3 aromatic heterocycles. The quantitative estimate of drug-likeness (QED) is 0.548. The standard InChI is InChI=1S/C16H13N3OS2.ClH/c17-16(6-3-7-16)15-18-14(20-19-15)12-8-11-13(22-12)9-4-1-2-5-10(9)21-11;/h1-2,4-5,8H,3,6-7,17H2;1H. The van der Waals surface area contributed by atoms with Gasteiger partial charge in [-0.25, -0.2) is 0 Å². The molecular formula is C16H14ClN3OS2. The zero-order chi connectivity index (χ0) is 14.7. The van der Waals surface area contributed by atoms with Crippen LogP contribution in [-0.2, 0) is 5.54 Å². The molecule has 4 nitrogen and oxygen atoms in total. The molecule has 0 bridgehead atoms. The van der Waals surface area contributed by atoms with Crippen LogP contribution in [0.25, 0.3) is 30.3 Å². The number of nitrogens with two attached hydrogens (primary N) is 1. The van der Waals surface area contributed by atoms with Crippen LogP contribution in [0.2, 0.25) is 0 Å². The van der Waals surface area contributed by atoms with E-state index >= 15 is 0 Å². The summed E-state index contributed by atoms with van der Waals surface area (Å²) in [5, 5.41) is 5.40. The minimum Gasteiger partial charge on any atom is -0.333 e. The van der Waals surface area contributed by atoms with E-state index in [2.05, 4.69) is 40.5 Å². The lowest BCUT2D eigenvalue weighted by molar-refractivity contribution is 0.229. The van der Waals surface area contributed by atoms with Gasteiger partial charge < -0.3 is 10.3 Å². The number of hydrogen-bond acceptors (Lipinski definition) is 6. The van der Waals surface area contributed by atoms with Crippen molar-refractivity contribution in [3.8, 4) is 10.8 Å². The highest BCUT2D eigenvalue weighted by Crippen LogP contribution is 2.43. The molecule has 0 saturated heterocycles. The van der Waals surface area contributed by atoms with Gasteiger partial charge in [0.2, 0.25) is 0 Å². The van der Waals surface area contributed by atoms with Crippen LogP contribution in [0.3, 0.4) is 0 Å². The van der Waals surface area contributed by atoms with Crippen molar-refractivity contribution in [2.75, 3.05) is 0 Å². The average Bonchev–Trinajstić information content (AvgIpc) is 3.18. The normalized spacial score (nSPS) is 16.4. The average molecular weight is 364 g/mol. The molecule has 1 fully saturated rings. The van der Waals surface area contributed by atoms with Crippen molar-refractivity contribution in [2.45, 2.75) is 24.8 Å². The summed E-state index contributed by atoms with van der Waals surface area (Å²) in [5.74, 6) is 1.24. The Bertz CT molecular complexity index is 999. The third-order valence-electron chi connectivity index (χ3n) is 4.38. The molecule has 0 unspecified atom stereocenters. The molecule has 0 spiro atoms. The highest BCUT2D eigenvalue weighted by atomic mass is 35.5. The van der Waals surface area contributed by atoms with Gasteiger partial charge in [0.05, 0.1) is 15.1 Å². The Hall–Kier alpha value is -1.47. The van der Waals surface area contributed by atoms with Crippen LogP contribution in [0.5, 0.6) is 0 Å². The Morgan fingerprint density at radius 3 is 2.74 bits per heavy atom. The molecule has 0 radical (unpaired) electrons. The Morgan fingerprint density at radius 1 is 1.13 bits per heavy atom. The Balaban J connectivity index is 0.00000135. The highest BCUT2D eigenvalue weighted by Gasteiger charge is 2.39. The lowest BCUT2D eigenvalue weighted by atomic mass is 9.77. The highest BCUT2D eigenvalue weighted by molar-refractivity contribution is 7.33. The second-order valence-corrected chi connectivity index (χ2v) is 7.97. The first kappa shape index (κ1) is 15.1. The van der Waals surface area contributed by atoms with Crippen molar-refractivity contribution < 1.29 is 4.52 Å². The minimum absolute atomic E-state index is 0. The molecule has 23 heavy (non-hydrogen) atoms. The summed E-state index contributed by atoms with van der Waals surface area (Å²) >= 11 is 3.51. The Kier molecular flexibility index (Phi) is 3.46. The second kappa shape index (κ2) is 5.27. The smallest absolute Gasteiger partial charge is 0.268 e. The maximum Gasteiger partial charge on any atom is 0.268 e. The van der Waals surface area contributed by atoms with Gasteiger partial charge in [-0.05, 0) is 31.4 Å². The third kappa shape index (κ3) is 2.21. The molecular weight excluding hydrogens is 350 g/mol. The van der Waals surface area contributed by atoms with Crippen molar-refractivity contribution in [3.63, 3.8) is 0 Å². The van der Waals surface area contributed by atoms with Crippen molar-refractivity contribution in [1.29, 1.82) is 0 Å². The molecule has 5 rings (SSSR count). The van der Waals surface area contributed by atoms with Gasteiger partial charge in [-0.3, -0.25) is 0 Å². The van der Waals surface area contributed by atoms with Gasteiger partial charge in [0, 0.05) is 14.8 Å². The first-order valence-electron chi connectivity index (χ1n) is 7.27. The van der Waals surface area contributed by atoms with Crippen LogP contribution in [0.1, 0.15) is 25.1 Å². The third-order valence-corrected chi connectivity index (χ3v) is 6.78. The summed E-state index contributed by atoms with van der Waals surface area (Å²) in [5.41, 5.74) is 5.89. The first-order chi connectivity index (χ1) is 10.7. The summed E-state index contributed by atoms with van der Waals surface area (Å²) < 4.78 is 9.34. The number of benzene rings is 1. The van der Waals surface area contributed by atoms with Gasteiger partial charge in [-0.15, -0.1) is 35.1 Å². The SMILES string of the molecule is Cl.NC1(c2noc(-c3cc4sc5ccccc5c4s3)n2)CCC1. The van der Waals surface area contributed by atoms with Gasteiger partial charge in [0.15, 0.2) is 5.82 Å². The molecule has 1 saturated carbocycles. The van der Waals surface area contributed by atoms with Gasteiger partial charge in [-0.1, -0.05) is 23.4 Å². The zero-order valence-electron chi connectivity index (χ0n) is 12.1. The topological polar surface area (TPSA) is 64.9 Å². The van der Waals surface area contributed by atoms with E-state index in [1.807, 2.05) is 0 Å². The number of rotatable bonds is 2. The molecule has 0 atom stereocenters. The maximum atomic E-state index is 6.27. The van der Waals surface area contributed by atoms with E-state index in [0.29, 0.717) is 11.7 Å². The summed E-state index contributed by atoms with van der Waals surface area (Å²) in [6.07, 6.45) is 3.02. The summed E-state index contributed by atoms with van der Waals surface area (Å²) in [6, 6.07) is 10.6. The molecule has 3 heterocycles. The number of thiophene rings is 2. The number of fused-ring (bicyclic) bond motifs is 3. The van der Waals surface area contributed by atoms with Crippen LogP contribution < -0.4 is 5.73 Å². The van der Waals surface area contributed by atoms with Crippen molar-refractivity contribution in [2.24, 2.45) is 5.73 Å². The lowest BCUT2D eigenvalue weighted by Gasteiger charge is -2.34. The van der Waals surface area contributed by atoms with Crippen molar-refractivity contribution in [3.05, 3.63) is 36.2 Å². The molecule has 4 aromatic rings. The minimum atomic E-state index is -0.372. The molecule has 1 aliphatic rings. The summed E-state index contributed by atoms with van der Waals surface area (Å²) in [6.45, 7) is 0. The van der Waals surface area contributed by atoms with Gasteiger partial charge in [0.1, 0.15) is 0 Å². The van der Waals surface area contributed by atoms with E-state index in [-0.39, 0.29) is 17.9 Å². The Morgan fingerprint density at radius 2 is 1.96 bits per heavy atom. The molecule has 0 amide bonds. The number of nitrogens with zero attached hydrogens (tertiary/aromatic N) is 2. The van der Waals surface area contributed by atoms with Crippen LogP contribution in [0.15, 0.2) is 34.9 Å². The predicted octanol–water partition coefficient (Wildman–Crippen LogP) is 4.93. The fraction of sp³-hybridized carbons (Fsp3) is 0.250. The summed E-state index contributed by atoms with van der Waals surface area (Å²) in [4.78, 5) is 5.56. The van der Waals surface area contributed by atoms with E-state index in [4.69, 9.17) is 10.3 Å². The van der Waals surface area contributed by atoms with E-state index in [1.165, 1.54) is 19.5 Å². The van der Waals surface area contributed by atoms with E-state index < -0.39 is 0 Å². The summed E-state index contributed by atoms with van der Waals surface area (Å²) in [7, 11) is 0. The zero-order valence-corrected chi connectivity index (χ0v) is 14.6. The maximum absolute atomic E-state index is 6.27. The number of halogens is 1. The predicted molar refractivity (Wildman–Crippen MR) is 97.5 cm³/mol. The van der Waals surface area contributed by atoms with Gasteiger partial charge in [0.25, 0.3) is 5.89 Å². The monoisotopic (exact) mass is 363 g/mol. The largest absolute Gasteiger partial charge is 0.333 e. The lowest BCUT2D eigenvalue weighted by Crippen LogP contribution is -2.44. The van der Waals surface area contributed by atoms with Crippen LogP contribution in [-0.4, -0.2) is 10.1 Å². The first-order valence-corrected chi connectivity index (χ1v) is 8.91. The molecule has 2 N–H and O–H groups in total. The Labute approximate surface area is 146 Å². The van der Waals surface area contributed by atoms with Gasteiger partial charge in [-0.2, -0.15) is 4.98 Å². The van der Waals surface area contributed by atoms with E-state index in [1.54, 1.807) is 22.7 Å². The van der Waals surface area contributed by atoms with Crippen LogP contribution in [0.4, 0.5) is 0 Å².